The van der Waals surface area contributed by atoms with Gasteiger partial charge in [0.05, 0.1) is 12.1 Å². The number of amides is 1. The highest BCUT2D eigenvalue weighted by Gasteiger charge is 2.37. The number of aromatic nitrogens is 3. The molecule has 5 nitrogen and oxygen atoms in total. The van der Waals surface area contributed by atoms with E-state index >= 15 is 0 Å². The van der Waals surface area contributed by atoms with Gasteiger partial charge in [-0.1, -0.05) is 43.2 Å². The van der Waals surface area contributed by atoms with E-state index in [4.69, 9.17) is 5.10 Å². The first-order valence-corrected chi connectivity index (χ1v) is 11.1. The fraction of sp³-hybridized carbons (Fsp3) is 0.400. The van der Waals surface area contributed by atoms with Crippen LogP contribution in [0.5, 0.6) is 0 Å². The van der Waals surface area contributed by atoms with Gasteiger partial charge in [0.2, 0.25) is 0 Å². The number of likely N-dealkylation sites (tertiary alicyclic amines) is 1. The molecule has 3 heterocycles. The zero-order valence-corrected chi connectivity index (χ0v) is 17.3. The standard InChI is InChI=1S/C25H28N4O/c30-25(29-15-7-12-20-10-4-5-13-23(20)29)22-18-28(17-19-8-2-1-3-9-19)27-24(22)21-11-6-14-26-16-21/h1-3,6,8-9,11,14,16,18,20,23H,4-5,7,10,12-13,15,17H2/t20-,23+/m1/s1. The van der Waals surface area contributed by atoms with E-state index in [9.17, 15) is 4.79 Å². The van der Waals surface area contributed by atoms with Crippen molar-refractivity contribution in [3.8, 4) is 11.3 Å². The Bertz CT molecular complexity index is 997. The van der Waals surface area contributed by atoms with Crippen LogP contribution >= 0.6 is 0 Å². The van der Waals surface area contributed by atoms with Crippen molar-refractivity contribution in [1.82, 2.24) is 19.7 Å². The van der Waals surface area contributed by atoms with Crippen LogP contribution < -0.4 is 0 Å². The number of piperidine rings is 1. The summed E-state index contributed by atoms with van der Waals surface area (Å²) in [6, 6.07) is 14.5. The molecule has 1 saturated heterocycles. The summed E-state index contributed by atoms with van der Waals surface area (Å²) in [5, 5.41) is 4.82. The Morgan fingerprint density at radius 3 is 2.67 bits per heavy atom. The molecule has 2 atom stereocenters. The van der Waals surface area contributed by atoms with E-state index in [0.717, 1.165) is 30.6 Å². The maximum atomic E-state index is 13.8. The molecule has 0 N–H and O–H groups in total. The zero-order chi connectivity index (χ0) is 20.3. The van der Waals surface area contributed by atoms with Crippen molar-refractivity contribution in [2.75, 3.05) is 6.54 Å². The molecule has 154 valence electrons. The van der Waals surface area contributed by atoms with E-state index in [1.165, 1.54) is 31.2 Å². The molecule has 1 aliphatic heterocycles. The van der Waals surface area contributed by atoms with Crippen LogP contribution in [0.2, 0.25) is 0 Å². The molecule has 0 radical (unpaired) electrons. The summed E-state index contributed by atoms with van der Waals surface area (Å²) in [5.74, 6) is 0.794. The number of nitrogens with zero attached hydrogens (tertiary/aromatic N) is 4. The van der Waals surface area contributed by atoms with Crippen molar-refractivity contribution in [1.29, 1.82) is 0 Å². The second kappa shape index (κ2) is 8.42. The number of rotatable bonds is 4. The van der Waals surface area contributed by atoms with Gasteiger partial charge < -0.3 is 4.90 Å². The zero-order valence-electron chi connectivity index (χ0n) is 17.3. The van der Waals surface area contributed by atoms with Crippen molar-refractivity contribution in [3.05, 3.63) is 72.2 Å². The summed E-state index contributed by atoms with van der Waals surface area (Å²) in [7, 11) is 0. The Morgan fingerprint density at radius 2 is 1.83 bits per heavy atom. The molecule has 2 aromatic heterocycles. The smallest absolute Gasteiger partial charge is 0.257 e. The van der Waals surface area contributed by atoms with Crippen LogP contribution in [0.3, 0.4) is 0 Å². The van der Waals surface area contributed by atoms with Gasteiger partial charge in [0.1, 0.15) is 5.69 Å². The van der Waals surface area contributed by atoms with Crippen LogP contribution in [0, 0.1) is 5.92 Å². The van der Waals surface area contributed by atoms with E-state index in [1.807, 2.05) is 41.2 Å². The monoisotopic (exact) mass is 400 g/mol. The molecule has 2 fully saturated rings. The highest BCUT2D eigenvalue weighted by atomic mass is 16.2. The molecule has 0 spiro atoms. The summed E-state index contributed by atoms with van der Waals surface area (Å²) >= 11 is 0. The first kappa shape index (κ1) is 19.0. The van der Waals surface area contributed by atoms with Crippen LogP contribution in [-0.2, 0) is 6.54 Å². The van der Waals surface area contributed by atoms with E-state index in [1.54, 1.807) is 12.4 Å². The van der Waals surface area contributed by atoms with Crippen molar-refractivity contribution < 1.29 is 4.79 Å². The maximum Gasteiger partial charge on any atom is 0.257 e. The largest absolute Gasteiger partial charge is 0.335 e. The molecule has 5 rings (SSSR count). The van der Waals surface area contributed by atoms with Crippen LogP contribution in [0.25, 0.3) is 11.3 Å². The average molecular weight is 401 g/mol. The molecule has 1 aromatic carbocycles. The second-order valence-corrected chi connectivity index (χ2v) is 8.57. The third-order valence-corrected chi connectivity index (χ3v) is 6.62. The Labute approximate surface area is 177 Å². The van der Waals surface area contributed by atoms with Crippen molar-refractivity contribution in [2.45, 2.75) is 51.1 Å². The molecule has 3 aromatic rings. The molecular formula is C25H28N4O. The molecular weight excluding hydrogens is 372 g/mol. The summed E-state index contributed by atoms with van der Waals surface area (Å²) in [5.41, 5.74) is 3.50. The summed E-state index contributed by atoms with van der Waals surface area (Å²) in [6.45, 7) is 1.50. The number of pyridine rings is 1. The first-order chi connectivity index (χ1) is 14.8. The molecule has 1 amide bonds. The fourth-order valence-electron chi connectivity index (χ4n) is 5.18. The number of hydrogen-bond acceptors (Lipinski definition) is 3. The first-order valence-electron chi connectivity index (χ1n) is 11.1. The molecule has 30 heavy (non-hydrogen) atoms. The molecule has 0 bridgehead atoms. The van der Waals surface area contributed by atoms with Gasteiger partial charge in [0, 0.05) is 36.7 Å². The van der Waals surface area contributed by atoms with Crippen molar-refractivity contribution >= 4 is 5.91 Å². The van der Waals surface area contributed by atoms with Crippen LogP contribution in [0.4, 0.5) is 0 Å². The minimum absolute atomic E-state index is 0.129. The quantitative estimate of drug-likeness (QED) is 0.633. The van der Waals surface area contributed by atoms with Gasteiger partial charge in [0.25, 0.3) is 5.91 Å². The van der Waals surface area contributed by atoms with Gasteiger partial charge in [-0.15, -0.1) is 0 Å². The lowest BCUT2D eigenvalue weighted by molar-refractivity contribution is 0.0391. The van der Waals surface area contributed by atoms with Gasteiger partial charge in [-0.3, -0.25) is 14.5 Å². The number of carbonyl (C=O) groups is 1. The minimum Gasteiger partial charge on any atom is -0.335 e. The van der Waals surface area contributed by atoms with Crippen molar-refractivity contribution in [3.63, 3.8) is 0 Å². The molecule has 2 aliphatic rings. The van der Waals surface area contributed by atoms with Crippen LogP contribution in [0.15, 0.2) is 61.1 Å². The topological polar surface area (TPSA) is 51.0 Å². The highest BCUT2D eigenvalue weighted by Crippen LogP contribution is 2.36. The average Bonchev–Trinajstić information content (AvgIpc) is 3.23. The molecule has 5 heteroatoms. The summed E-state index contributed by atoms with van der Waals surface area (Å²) in [4.78, 5) is 20.2. The van der Waals surface area contributed by atoms with Gasteiger partial charge in [-0.25, -0.2) is 0 Å². The third-order valence-electron chi connectivity index (χ3n) is 6.62. The number of fused-ring (bicyclic) bond motifs is 1. The van der Waals surface area contributed by atoms with Gasteiger partial charge in [-0.05, 0) is 49.3 Å². The lowest BCUT2D eigenvalue weighted by Gasteiger charge is -2.44. The SMILES string of the molecule is O=C(c1cn(Cc2ccccc2)nc1-c1cccnc1)N1CCC[C@H]2CCCC[C@@H]21. The lowest BCUT2D eigenvalue weighted by Crippen LogP contribution is -2.49. The van der Waals surface area contributed by atoms with Crippen LogP contribution in [0.1, 0.15) is 54.4 Å². The second-order valence-electron chi connectivity index (χ2n) is 8.57. The molecule has 0 unspecified atom stereocenters. The van der Waals surface area contributed by atoms with Crippen LogP contribution in [-0.4, -0.2) is 38.2 Å². The number of carbonyl (C=O) groups excluding carboxylic acids is 1. The predicted molar refractivity (Wildman–Crippen MR) is 117 cm³/mol. The normalized spacial score (nSPS) is 21.3. The highest BCUT2D eigenvalue weighted by molar-refractivity contribution is 6.00. The Morgan fingerprint density at radius 1 is 1.00 bits per heavy atom. The number of hydrogen-bond donors (Lipinski definition) is 0. The van der Waals surface area contributed by atoms with Gasteiger partial charge in [0.15, 0.2) is 0 Å². The van der Waals surface area contributed by atoms with E-state index in [0.29, 0.717) is 24.1 Å². The summed E-state index contributed by atoms with van der Waals surface area (Å²) in [6.07, 6.45) is 12.8. The van der Waals surface area contributed by atoms with Crippen molar-refractivity contribution in [2.24, 2.45) is 5.92 Å². The van der Waals surface area contributed by atoms with E-state index in [-0.39, 0.29) is 5.91 Å². The Balaban J connectivity index is 1.50. The van der Waals surface area contributed by atoms with Gasteiger partial charge in [-0.2, -0.15) is 5.10 Å². The molecule has 1 aliphatic carbocycles. The maximum absolute atomic E-state index is 13.8. The summed E-state index contributed by atoms with van der Waals surface area (Å²) < 4.78 is 1.90. The molecule has 1 saturated carbocycles. The Kier molecular flexibility index (Phi) is 5.35. The lowest BCUT2D eigenvalue weighted by atomic mass is 9.78. The third kappa shape index (κ3) is 3.76. The van der Waals surface area contributed by atoms with Gasteiger partial charge >= 0.3 is 0 Å². The minimum atomic E-state index is 0.129. The van der Waals surface area contributed by atoms with E-state index < -0.39 is 0 Å². The number of benzene rings is 1. The predicted octanol–water partition coefficient (Wildman–Crippen LogP) is 4.79. The van der Waals surface area contributed by atoms with E-state index in [2.05, 4.69) is 22.0 Å². The fourth-order valence-corrected chi connectivity index (χ4v) is 5.18. The Hall–Kier alpha value is -2.95.